The molecule has 0 aliphatic rings. The molecule has 6 heteroatoms. The monoisotopic (exact) mass is 248 g/mol. The van der Waals surface area contributed by atoms with E-state index in [0.717, 1.165) is 5.56 Å². The number of nitrogens with two attached hydrogens (primary N) is 1. The molecule has 0 radical (unpaired) electrons. The number of rotatable bonds is 2. The van der Waals surface area contributed by atoms with Crippen LogP contribution in [0.5, 0.6) is 0 Å². The van der Waals surface area contributed by atoms with E-state index in [9.17, 15) is 0 Å². The second kappa shape index (κ2) is 3.90. The third-order valence-corrected chi connectivity index (χ3v) is 3.22. The Balaban J connectivity index is 2.53. The number of nitrogens with zero attached hydrogens (tertiary/aromatic N) is 1. The van der Waals surface area contributed by atoms with Gasteiger partial charge in [-0.05, 0) is 6.07 Å². The van der Waals surface area contributed by atoms with Gasteiger partial charge in [0.25, 0.3) is 0 Å². The van der Waals surface area contributed by atoms with Crippen molar-refractivity contribution >= 4 is 34.5 Å². The van der Waals surface area contributed by atoms with E-state index in [0.29, 0.717) is 26.7 Å². The lowest BCUT2D eigenvalue weighted by atomic mass is 10.2. The normalized spacial score (nSPS) is 10.8. The molecule has 0 amide bonds. The van der Waals surface area contributed by atoms with E-state index >= 15 is 0 Å². The van der Waals surface area contributed by atoms with Crippen LogP contribution in [0.1, 0.15) is 5.69 Å². The molecule has 2 rings (SSSR count). The van der Waals surface area contributed by atoms with Gasteiger partial charge < -0.3 is 10.2 Å². The van der Waals surface area contributed by atoms with E-state index in [1.165, 1.54) is 17.7 Å². The first-order chi connectivity index (χ1) is 6.72. The van der Waals surface area contributed by atoms with E-state index in [1.54, 1.807) is 6.07 Å². The highest BCUT2D eigenvalue weighted by atomic mass is 35.5. The van der Waals surface area contributed by atoms with Crippen LogP contribution in [0, 0.1) is 0 Å². The first kappa shape index (κ1) is 9.98. The minimum Gasteiger partial charge on any atom is -0.443 e. The molecule has 0 aliphatic heterocycles. The molecule has 3 nitrogen and oxygen atoms in total. The van der Waals surface area contributed by atoms with Crippen LogP contribution < -0.4 is 5.73 Å². The number of hydrogen-bond donors (Lipinski definition) is 1. The quantitative estimate of drug-likeness (QED) is 0.889. The molecule has 2 aromatic heterocycles. The summed E-state index contributed by atoms with van der Waals surface area (Å²) in [5.74, 6) is 0.598. The Hall–Kier alpha value is -0.550. The summed E-state index contributed by atoms with van der Waals surface area (Å²) in [4.78, 5) is 3.97. The molecule has 0 aromatic carbocycles. The van der Waals surface area contributed by atoms with Crippen LogP contribution in [-0.2, 0) is 6.54 Å². The molecule has 2 aromatic rings. The van der Waals surface area contributed by atoms with Crippen LogP contribution in [0.25, 0.3) is 11.3 Å². The lowest BCUT2D eigenvalue weighted by molar-refractivity contribution is 0.571. The van der Waals surface area contributed by atoms with E-state index in [-0.39, 0.29) is 0 Å². The maximum Gasteiger partial charge on any atom is 0.181 e. The standard InChI is InChI=1S/C8H6Cl2N2OS/c9-6-1-4(8(10)14-6)7-5(2-11)12-3-13-7/h1,3H,2,11H2. The maximum absolute atomic E-state index is 5.97. The smallest absolute Gasteiger partial charge is 0.181 e. The summed E-state index contributed by atoms with van der Waals surface area (Å²) in [7, 11) is 0. The molecule has 0 saturated carbocycles. The third-order valence-electron chi connectivity index (χ3n) is 1.74. The number of oxazole rings is 1. The van der Waals surface area contributed by atoms with Crippen molar-refractivity contribution in [3.8, 4) is 11.3 Å². The zero-order valence-electron chi connectivity index (χ0n) is 6.96. The van der Waals surface area contributed by atoms with Crippen LogP contribution >= 0.6 is 34.5 Å². The van der Waals surface area contributed by atoms with Crippen LogP contribution in [0.4, 0.5) is 0 Å². The molecular formula is C8H6Cl2N2OS. The van der Waals surface area contributed by atoms with Gasteiger partial charge in [-0.2, -0.15) is 0 Å². The van der Waals surface area contributed by atoms with Gasteiger partial charge in [0, 0.05) is 6.54 Å². The summed E-state index contributed by atoms with van der Waals surface area (Å²) in [5, 5.41) is 0. The van der Waals surface area contributed by atoms with Crippen molar-refractivity contribution in [3.63, 3.8) is 0 Å². The lowest BCUT2D eigenvalue weighted by Crippen LogP contribution is -1.97. The Kier molecular flexibility index (Phi) is 2.78. The van der Waals surface area contributed by atoms with E-state index in [4.69, 9.17) is 33.4 Å². The maximum atomic E-state index is 5.97. The highest BCUT2D eigenvalue weighted by Gasteiger charge is 2.15. The van der Waals surface area contributed by atoms with Gasteiger partial charge in [-0.1, -0.05) is 23.2 Å². The summed E-state index contributed by atoms with van der Waals surface area (Å²) in [6.07, 6.45) is 1.35. The number of hydrogen-bond acceptors (Lipinski definition) is 4. The average molecular weight is 249 g/mol. The molecule has 2 N–H and O–H groups in total. The number of thiophene rings is 1. The number of halogens is 2. The molecule has 0 fully saturated rings. The molecular weight excluding hydrogens is 243 g/mol. The second-order valence-electron chi connectivity index (χ2n) is 2.57. The summed E-state index contributed by atoms with van der Waals surface area (Å²) in [5.41, 5.74) is 6.93. The Bertz CT molecular complexity index is 452. The molecule has 14 heavy (non-hydrogen) atoms. The molecule has 0 unspecified atom stereocenters. The minimum absolute atomic E-state index is 0.315. The van der Waals surface area contributed by atoms with E-state index in [2.05, 4.69) is 4.98 Å². The van der Waals surface area contributed by atoms with Crippen LogP contribution in [0.3, 0.4) is 0 Å². The van der Waals surface area contributed by atoms with E-state index < -0.39 is 0 Å². The zero-order chi connectivity index (χ0) is 10.1. The first-order valence-corrected chi connectivity index (χ1v) is 5.37. The highest BCUT2D eigenvalue weighted by molar-refractivity contribution is 7.20. The minimum atomic E-state index is 0.315. The molecule has 0 saturated heterocycles. The number of aromatic nitrogens is 1. The fourth-order valence-electron chi connectivity index (χ4n) is 1.13. The van der Waals surface area contributed by atoms with Gasteiger partial charge in [0.2, 0.25) is 0 Å². The van der Waals surface area contributed by atoms with Crippen molar-refractivity contribution in [1.82, 2.24) is 4.98 Å². The van der Waals surface area contributed by atoms with Gasteiger partial charge in [-0.25, -0.2) is 4.98 Å². The molecule has 0 aliphatic carbocycles. The van der Waals surface area contributed by atoms with Crippen molar-refractivity contribution in [2.45, 2.75) is 6.54 Å². The Labute approximate surface area is 94.5 Å². The topological polar surface area (TPSA) is 52.0 Å². The van der Waals surface area contributed by atoms with Gasteiger partial charge >= 0.3 is 0 Å². The van der Waals surface area contributed by atoms with Gasteiger partial charge in [-0.15, -0.1) is 11.3 Å². The van der Waals surface area contributed by atoms with Crippen LogP contribution in [0.15, 0.2) is 16.9 Å². The summed E-state index contributed by atoms with van der Waals surface area (Å²) < 4.78 is 6.41. The summed E-state index contributed by atoms with van der Waals surface area (Å²) >= 11 is 13.1. The van der Waals surface area contributed by atoms with Crippen molar-refractivity contribution in [1.29, 1.82) is 0 Å². The third kappa shape index (κ3) is 1.66. The van der Waals surface area contributed by atoms with Crippen molar-refractivity contribution in [2.24, 2.45) is 5.73 Å². The lowest BCUT2D eigenvalue weighted by Gasteiger charge is -1.95. The zero-order valence-corrected chi connectivity index (χ0v) is 9.29. The molecule has 0 atom stereocenters. The molecule has 2 heterocycles. The molecule has 0 bridgehead atoms. The van der Waals surface area contributed by atoms with Crippen LogP contribution in [0.2, 0.25) is 8.67 Å². The van der Waals surface area contributed by atoms with Gasteiger partial charge in [0.05, 0.1) is 9.90 Å². The average Bonchev–Trinajstić information content (AvgIpc) is 2.71. The van der Waals surface area contributed by atoms with Gasteiger partial charge in [0.1, 0.15) is 10.0 Å². The summed E-state index contributed by atoms with van der Waals surface area (Å²) in [6, 6.07) is 1.74. The van der Waals surface area contributed by atoms with Crippen molar-refractivity contribution in [3.05, 3.63) is 26.8 Å². The molecule has 0 spiro atoms. The fourth-order valence-corrected chi connectivity index (χ4v) is 2.59. The Morgan fingerprint density at radius 1 is 1.50 bits per heavy atom. The Morgan fingerprint density at radius 3 is 2.86 bits per heavy atom. The molecule has 74 valence electrons. The second-order valence-corrected chi connectivity index (χ2v) is 4.86. The van der Waals surface area contributed by atoms with Crippen molar-refractivity contribution in [2.75, 3.05) is 0 Å². The highest BCUT2D eigenvalue weighted by Crippen LogP contribution is 2.39. The fraction of sp³-hybridized carbons (Fsp3) is 0.125. The van der Waals surface area contributed by atoms with Crippen LogP contribution in [-0.4, -0.2) is 4.98 Å². The Morgan fingerprint density at radius 2 is 2.29 bits per heavy atom. The SMILES string of the molecule is NCc1ncoc1-c1cc(Cl)sc1Cl. The largest absolute Gasteiger partial charge is 0.443 e. The predicted octanol–water partition coefficient (Wildman–Crippen LogP) is 3.17. The first-order valence-electron chi connectivity index (χ1n) is 3.80. The summed E-state index contributed by atoms with van der Waals surface area (Å²) in [6.45, 7) is 0.315. The van der Waals surface area contributed by atoms with E-state index in [1.807, 2.05) is 0 Å². The van der Waals surface area contributed by atoms with Gasteiger partial charge in [0.15, 0.2) is 12.2 Å². The predicted molar refractivity (Wildman–Crippen MR) is 57.7 cm³/mol. The van der Waals surface area contributed by atoms with Crippen molar-refractivity contribution < 1.29 is 4.42 Å². The van der Waals surface area contributed by atoms with Gasteiger partial charge in [-0.3, -0.25) is 0 Å².